The van der Waals surface area contributed by atoms with Gasteiger partial charge in [-0.05, 0) is 73.4 Å². The lowest BCUT2D eigenvalue weighted by Crippen LogP contribution is -2.18. The van der Waals surface area contributed by atoms with E-state index in [9.17, 15) is 0 Å². The monoisotopic (exact) mass is 640 g/mol. The maximum Gasteiger partial charge on any atom is 0.145 e. The molecule has 1 heterocycles. The van der Waals surface area contributed by atoms with Crippen LogP contribution in [-0.2, 0) is 0 Å². The first kappa shape index (κ1) is 30.8. The highest BCUT2D eigenvalue weighted by Gasteiger charge is 2.22. The zero-order valence-corrected chi connectivity index (χ0v) is 27.7. The van der Waals surface area contributed by atoms with Crippen molar-refractivity contribution in [2.24, 2.45) is 4.99 Å². The van der Waals surface area contributed by atoms with E-state index in [-0.39, 0.29) is 6.17 Å². The molecule has 0 spiro atoms. The summed E-state index contributed by atoms with van der Waals surface area (Å²) in [6.45, 7) is 4.46. The number of rotatable bonds is 7. The third-order valence-electron chi connectivity index (χ3n) is 9.27. The van der Waals surface area contributed by atoms with Crippen molar-refractivity contribution < 1.29 is 0 Å². The molecule has 1 aliphatic heterocycles. The van der Waals surface area contributed by atoms with Gasteiger partial charge >= 0.3 is 0 Å². The molecule has 8 rings (SSSR count). The second kappa shape index (κ2) is 13.9. The van der Waals surface area contributed by atoms with Crippen molar-refractivity contribution in [2.45, 2.75) is 6.17 Å². The third kappa shape index (κ3) is 6.35. The van der Waals surface area contributed by atoms with Gasteiger partial charge in [0.15, 0.2) is 0 Å². The molecule has 0 amide bonds. The first-order chi connectivity index (χ1) is 24.7. The van der Waals surface area contributed by atoms with Crippen LogP contribution in [0.2, 0.25) is 0 Å². The number of hydrogen-bond acceptors (Lipinski definition) is 2. The minimum Gasteiger partial charge on any atom is -0.360 e. The van der Waals surface area contributed by atoms with Crippen LogP contribution in [0.15, 0.2) is 211 Å². The highest BCUT2D eigenvalue weighted by atomic mass is 15.1. The van der Waals surface area contributed by atoms with Crippen LogP contribution in [0.5, 0.6) is 0 Å². The molecule has 0 saturated heterocycles. The molecule has 1 aliphatic rings. The third-order valence-corrected chi connectivity index (χ3v) is 9.27. The Bertz CT molecular complexity index is 2320. The maximum absolute atomic E-state index is 5.34. The minimum atomic E-state index is -0.329. The van der Waals surface area contributed by atoms with Gasteiger partial charge in [-0.25, -0.2) is 0 Å². The summed E-state index contributed by atoms with van der Waals surface area (Å²) in [6, 6.07) is 66.3. The molecular formula is C48H36N2. The van der Waals surface area contributed by atoms with Crippen LogP contribution in [0.25, 0.3) is 50.2 Å². The molecule has 0 aliphatic carbocycles. The van der Waals surface area contributed by atoms with Gasteiger partial charge in [0.25, 0.3) is 0 Å². The number of benzene rings is 7. The van der Waals surface area contributed by atoms with Gasteiger partial charge in [0, 0.05) is 11.3 Å². The molecule has 2 nitrogen and oxygen atoms in total. The van der Waals surface area contributed by atoms with E-state index in [1.165, 1.54) is 27.8 Å². The predicted molar refractivity (Wildman–Crippen MR) is 211 cm³/mol. The van der Waals surface area contributed by atoms with Crippen molar-refractivity contribution in [3.05, 3.63) is 223 Å². The van der Waals surface area contributed by atoms with E-state index in [1.807, 2.05) is 24.3 Å². The van der Waals surface area contributed by atoms with Crippen LogP contribution in [0.3, 0.4) is 0 Å². The number of hydrogen-bond donors (Lipinski definition) is 1. The molecule has 7 aromatic carbocycles. The number of allylic oxidation sites excluding steroid dienone is 2. The zero-order chi connectivity index (χ0) is 33.7. The Morgan fingerprint density at radius 1 is 0.400 bits per heavy atom. The fourth-order valence-electron chi connectivity index (χ4n) is 6.75. The number of aliphatic imine (C=N–C) groups is 1. The first-order valence-electron chi connectivity index (χ1n) is 17.0. The van der Waals surface area contributed by atoms with E-state index in [4.69, 9.17) is 4.99 Å². The molecule has 0 radical (unpaired) electrons. The van der Waals surface area contributed by atoms with Crippen molar-refractivity contribution in [1.29, 1.82) is 0 Å². The van der Waals surface area contributed by atoms with E-state index in [1.54, 1.807) is 0 Å². The first-order valence-corrected chi connectivity index (χ1v) is 17.0. The average Bonchev–Trinajstić information content (AvgIpc) is 3.38. The van der Waals surface area contributed by atoms with Crippen LogP contribution in [0, 0.1) is 0 Å². The molecule has 1 unspecified atom stereocenters. The molecule has 0 aromatic heterocycles. The van der Waals surface area contributed by atoms with Gasteiger partial charge in [0.2, 0.25) is 0 Å². The SMILES string of the molecule is C=C1C=C(c2ccccc2)NC(c2ccc(-c3ccc(-c4ccccc4-c4ccccc4)cc3)c(-c3ccccc3)c2)N=C1c1ccccc1. The Morgan fingerprint density at radius 2 is 0.820 bits per heavy atom. The standard InChI is InChI=1S/C48H36N2/c1-34-32-46(39-20-10-4-11-21-39)49-48(50-47(34)40-22-12-5-13-23-40)41-30-31-44(45(33-41)36-18-8-3-9-19-36)38-28-26-37(27-29-38)43-25-15-14-24-42(43)35-16-6-2-7-17-35/h2-33,48-49H,1H2. The van der Waals surface area contributed by atoms with Crippen LogP contribution < -0.4 is 5.32 Å². The summed E-state index contributed by atoms with van der Waals surface area (Å²) in [5, 5.41) is 3.77. The van der Waals surface area contributed by atoms with Crippen LogP contribution >= 0.6 is 0 Å². The Morgan fingerprint density at radius 3 is 1.36 bits per heavy atom. The smallest absolute Gasteiger partial charge is 0.145 e. The molecule has 0 saturated carbocycles. The summed E-state index contributed by atoms with van der Waals surface area (Å²) in [5.74, 6) is 0. The van der Waals surface area contributed by atoms with E-state index < -0.39 is 0 Å². The summed E-state index contributed by atoms with van der Waals surface area (Å²) >= 11 is 0. The Labute approximate surface area is 294 Å². The molecule has 238 valence electrons. The van der Waals surface area contributed by atoms with Gasteiger partial charge in [-0.3, -0.25) is 4.99 Å². The molecule has 1 atom stereocenters. The van der Waals surface area contributed by atoms with Gasteiger partial charge < -0.3 is 5.32 Å². The number of nitrogens with one attached hydrogen (secondary N) is 1. The van der Waals surface area contributed by atoms with Gasteiger partial charge in [0.1, 0.15) is 6.17 Å². The van der Waals surface area contributed by atoms with Gasteiger partial charge in [-0.1, -0.05) is 189 Å². The second-order valence-electron chi connectivity index (χ2n) is 12.5. The molecule has 0 fully saturated rings. The van der Waals surface area contributed by atoms with Crippen LogP contribution in [0.1, 0.15) is 22.9 Å². The quantitative estimate of drug-likeness (QED) is 0.184. The fraction of sp³-hybridized carbons (Fsp3) is 0.0208. The van der Waals surface area contributed by atoms with Gasteiger partial charge in [-0.15, -0.1) is 0 Å². The van der Waals surface area contributed by atoms with Crippen molar-refractivity contribution in [1.82, 2.24) is 5.32 Å². The van der Waals surface area contributed by atoms with Crippen molar-refractivity contribution in [3.63, 3.8) is 0 Å². The maximum atomic E-state index is 5.34. The zero-order valence-electron chi connectivity index (χ0n) is 27.7. The fourth-order valence-corrected chi connectivity index (χ4v) is 6.75. The summed E-state index contributed by atoms with van der Waals surface area (Å²) < 4.78 is 0. The Balaban J connectivity index is 1.21. The van der Waals surface area contributed by atoms with Crippen molar-refractivity contribution in [2.75, 3.05) is 0 Å². The molecule has 0 bridgehead atoms. The van der Waals surface area contributed by atoms with Crippen molar-refractivity contribution >= 4 is 11.4 Å². The van der Waals surface area contributed by atoms with Crippen molar-refractivity contribution in [3.8, 4) is 44.5 Å². The van der Waals surface area contributed by atoms with Crippen LogP contribution in [0.4, 0.5) is 0 Å². The predicted octanol–water partition coefficient (Wildman–Crippen LogP) is 12.0. The topological polar surface area (TPSA) is 24.4 Å². The molecular weight excluding hydrogens is 605 g/mol. The Hall–Kier alpha value is -6.51. The lowest BCUT2D eigenvalue weighted by atomic mass is 9.90. The highest BCUT2D eigenvalue weighted by molar-refractivity contribution is 6.15. The van der Waals surface area contributed by atoms with E-state index >= 15 is 0 Å². The summed E-state index contributed by atoms with van der Waals surface area (Å²) in [5.41, 5.74) is 15.5. The molecule has 2 heteroatoms. The summed E-state index contributed by atoms with van der Waals surface area (Å²) in [6.07, 6.45) is 1.79. The lowest BCUT2D eigenvalue weighted by molar-refractivity contribution is 0.673. The number of nitrogens with zero attached hydrogens (tertiary/aromatic N) is 1. The summed E-state index contributed by atoms with van der Waals surface area (Å²) in [7, 11) is 0. The van der Waals surface area contributed by atoms with Crippen LogP contribution in [-0.4, -0.2) is 5.71 Å². The minimum absolute atomic E-state index is 0.329. The van der Waals surface area contributed by atoms with E-state index in [0.717, 1.165) is 50.4 Å². The largest absolute Gasteiger partial charge is 0.360 e. The van der Waals surface area contributed by atoms with Gasteiger partial charge in [0.05, 0.1) is 5.71 Å². The summed E-state index contributed by atoms with van der Waals surface area (Å²) in [4.78, 5) is 5.34. The molecule has 7 aromatic rings. The lowest BCUT2D eigenvalue weighted by Gasteiger charge is -2.21. The normalized spacial score (nSPS) is 14.2. The highest BCUT2D eigenvalue weighted by Crippen LogP contribution is 2.38. The molecule has 1 N–H and O–H groups in total. The average molecular weight is 641 g/mol. The molecule has 50 heavy (non-hydrogen) atoms. The van der Waals surface area contributed by atoms with E-state index in [0.29, 0.717) is 0 Å². The van der Waals surface area contributed by atoms with E-state index in [2.05, 4.69) is 182 Å². The second-order valence-corrected chi connectivity index (χ2v) is 12.5. The Kier molecular flexibility index (Phi) is 8.57. The van der Waals surface area contributed by atoms with Gasteiger partial charge in [-0.2, -0.15) is 0 Å².